The van der Waals surface area contributed by atoms with Crippen molar-refractivity contribution in [1.82, 2.24) is 0 Å². The predicted octanol–water partition coefficient (Wildman–Crippen LogP) is 29.3. The molecule has 0 heterocycles. The van der Waals surface area contributed by atoms with Gasteiger partial charge in [0.2, 0.25) is 0 Å². The molecule has 1 rings (SSSR count). The molecular formula is C86H168O5. The van der Waals surface area contributed by atoms with E-state index in [1.165, 1.54) is 405 Å². The van der Waals surface area contributed by atoms with Crippen LogP contribution in [0.2, 0.25) is 0 Å². The van der Waals surface area contributed by atoms with Crippen LogP contribution >= 0.6 is 0 Å². The van der Waals surface area contributed by atoms with Crippen molar-refractivity contribution in [2.75, 3.05) is 7.11 Å². The maximum Gasteiger partial charge on any atom is 0.311 e. The quantitative estimate of drug-likeness (QED) is 0.0485. The second-order valence-electron chi connectivity index (χ2n) is 31.0. The van der Waals surface area contributed by atoms with Crippen molar-refractivity contribution >= 4 is 11.9 Å². The van der Waals surface area contributed by atoms with Crippen molar-refractivity contribution in [2.24, 2.45) is 29.6 Å². The molecule has 91 heavy (non-hydrogen) atoms. The normalized spacial score (nSPS) is 15.7. The van der Waals surface area contributed by atoms with Gasteiger partial charge >= 0.3 is 11.9 Å². The summed E-state index contributed by atoms with van der Waals surface area (Å²) in [5.74, 6) is 1.99. The molecule has 1 aliphatic rings. The van der Waals surface area contributed by atoms with Crippen LogP contribution in [0.4, 0.5) is 0 Å². The highest BCUT2D eigenvalue weighted by atomic mass is 16.5. The smallest absolute Gasteiger partial charge is 0.311 e. The van der Waals surface area contributed by atoms with Crippen LogP contribution in [0.25, 0.3) is 0 Å². The van der Waals surface area contributed by atoms with E-state index in [-0.39, 0.29) is 29.9 Å². The van der Waals surface area contributed by atoms with E-state index in [4.69, 9.17) is 9.47 Å². The van der Waals surface area contributed by atoms with Gasteiger partial charge in [-0.15, -0.1) is 0 Å². The lowest BCUT2D eigenvalue weighted by molar-refractivity contribution is -0.154. The zero-order valence-corrected chi connectivity index (χ0v) is 63.3. The second kappa shape index (κ2) is 70.2. The molecule has 0 radical (unpaired) electrons. The fourth-order valence-electron chi connectivity index (χ4n) is 15.5. The molecule has 0 aromatic rings. The zero-order valence-electron chi connectivity index (χ0n) is 63.3. The highest BCUT2D eigenvalue weighted by molar-refractivity contribution is 5.73. The number of rotatable bonds is 77. The van der Waals surface area contributed by atoms with Crippen LogP contribution in [0.3, 0.4) is 0 Å². The number of aliphatic hydroxyl groups is 1. The first-order valence-electron chi connectivity index (χ1n) is 42.7. The van der Waals surface area contributed by atoms with Gasteiger partial charge in [0.15, 0.2) is 0 Å². The van der Waals surface area contributed by atoms with E-state index < -0.39 is 6.10 Å². The molecule has 0 bridgehead atoms. The van der Waals surface area contributed by atoms with Crippen LogP contribution in [0.1, 0.15) is 490 Å². The number of carbonyl (C=O) groups is 2. The first-order valence-corrected chi connectivity index (χ1v) is 42.7. The summed E-state index contributed by atoms with van der Waals surface area (Å²) in [6, 6.07) is 0. The molecular weight excluding hydrogens is 1110 g/mol. The van der Waals surface area contributed by atoms with E-state index >= 15 is 0 Å². The van der Waals surface area contributed by atoms with Gasteiger partial charge in [-0.3, -0.25) is 9.59 Å². The summed E-state index contributed by atoms with van der Waals surface area (Å²) in [6.45, 7) is 11.5. The van der Waals surface area contributed by atoms with Crippen molar-refractivity contribution in [3.05, 3.63) is 0 Å². The molecule has 1 unspecified atom stereocenters. The Balaban J connectivity index is 2.13. The van der Waals surface area contributed by atoms with E-state index in [1.807, 2.05) is 0 Å². The fraction of sp³-hybridized carbons (Fsp3) is 0.977. The minimum Gasteiger partial charge on any atom is -0.469 e. The summed E-state index contributed by atoms with van der Waals surface area (Å²) in [5, 5.41) is 11.0. The molecule has 1 fully saturated rings. The first kappa shape index (κ1) is 87.9. The fourth-order valence-corrected chi connectivity index (χ4v) is 15.5. The number of hydrogen-bond acceptors (Lipinski definition) is 5. The number of unbranched alkanes of at least 4 members (excludes halogenated alkanes) is 60. The molecule has 5 heteroatoms. The van der Waals surface area contributed by atoms with Gasteiger partial charge in [-0.25, -0.2) is 0 Å². The molecule has 0 amide bonds. The van der Waals surface area contributed by atoms with Gasteiger partial charge in [-0.05, 0) is 69.6 Å². The zero-order chi connectivity index (χ0) is 65.8. The average Bonchev–Trinajstić information content (AvgIpc) is 1.89. The van der Waals surface area contributed by atoms with Gasteiger partial charge in [0.25, 0.3) is 0 Å². The Morgan fingerprint density at radius 1 is 0.330 bits per heavy atom. The van der Waals surface area contributed by atoms with Gasteiger partial charge in [-0.1, -0.05) is 439 Å². The minimum absolute atomic E-state index is 0.0494. The van der Waals surface area contributed by atoms with Crippen LogP contribution in [0.5, 0.6) is 0 Å². The van der Waals surface area contributed by atoms with Gasteiger partial charge < -0.3 is 14.6 Å². The lowest BCUT2D eigenvalue weighted by atomic mass is 9.87. The molecule has 5 nitrogen and oxygen atoms in total. The Kier molecular flexibility index (Phi) is 67.8. The largest absolute Gasteiger partial charge is 0.469 e. The van der Waals surface area contributed by atoms with E-state index in [9.17, 15) is 14.7 Å². The summed E-state index contributed by atoms with van der Waals surface area (Å²) in [4.78, 5) is 26.5. The number of aliphatic hydroxyl groups excluding tert-OH is 1. The van der Waals surface area contributed by atoms with E-state index in [0.717, 1.165) is 69.6 Å². The first-order chi connectivity index (χ1) is 44.8. The average molecular weight is 1280 g/mol. The van der Waals surface area contributed by atoms with Crippen molar-refractivity contribution in [1.29, 1.82) is 0 Å². The summed E-state index contributed by atoms with van der Waals surface area (Å²) in [7, 11) is 1.48. The number of ether oxygens (including phenoxy) is 2. The molecule has 0 spiro atoms. The van der Waals surface area contributed by atoms with Crippen LogP contribution in [-0.4, -0.2) is 36.4 Å². The summed E-state index contributed by atoms with van der Waals surface area (Å²) >= 11 is 0. The lowest BCUT2D eigenvalue weighted by Gasteiger charge is -2.23. The van der Waals surface area contributed by atoms with Crippen molar-refractivity contribution in [3.8, 4) is 0 Å². The summed E-state index contributed by atoms with van der Waals surface area (Å²) in [6.07, 6.45) is 94.3. The maximum absolute atomic E-state index is 13.9. The second-order valence-corrected chi connectivity index (χ2v) is 31.0. The molecule has 0 aliphatic heterocycles. The highest BCUT2D eigenvalue weighted by Gasteiger charge is 2.41. The Bertz CT molecular complexity index is 1450. The van der Waals surface area contributed by atoms with Crippen molar-refractivity contribution < 1.29 is 24.2 Å². The third-order valence-corrected chi connectivity index (χ3v) is 22.0. The molecule has 1 N–H and O–H groups in total. The Morgan fingerprint density at radius 2 is 0.582 bits per heavy atom. The number of methoxy groups -OCH3 is 1. The van der Waals surface area contributed by atoms with Gasteiger partial charge in [0, 0.05) is 0 Å². The molecule has 7 atom stereocenters. The SMILES string of the molecule is CCCCCCCCCCCCCCCCCCCCCC[C@@H](C(=O)OC)[C@@H](O)CCCCCCCCCCCCCCCCCC[C@H]1C[C@@H]1[C@@H](C)CC(CCCCCCCCCCCCCC)C(=O)O[C@H](C)CCCCCCCCCCCCCCCCCC. The lowest BCUT2D eigenvalue weighted by Crippen LogP contribution is -2.29. The Labute approximate surface area is 572 Å². The third-order valence-electron chi connectivity index (χ3n) is 22.0. The molecule has 542 valence electrons. The Hall–Kier alpha value is -1.10. The number of esters is 2. The van der Waals surface area contributed by atoms with Crippen LogP contribution in [0.15, 0.2) is 0 Å². The van der Waals surface area contributed by atoms with E-state index in [1.54, 1.807) is 0 Å². The topological polar surface area (TPSA) is 72.8 Å². The van der Waals surface area contributed by atoms with Gasteiger partial charge in [0.05, 0.1) is 31.2 Å². The number of carbonyl (C=O) groups excluding carboxylic acids is 2. The van der Waals surface area contributed by atoms with Crippen LogP contribution < -0.4 is 0 Å². The standard InChI is InChI=1S/C86H168O5/c1-7-10-13-16-19-22-25-28-30-32-33-34-35-40-44-49-54-59-64-69-74-82(86(89)90-6)84(87)75-70-65-60-55-50-45-41-37-36-39-43-48-52-57-62-67-72-80-77-83(80)78(4)76-81(73-68-63-58-53-47-27-24-21-18-15-12-9-3)85(88)91-79(5)71-66-61-56-51-46-42-38-31-29-26-23-20-17-14-11-8-2/h78-84,87H,7-77H2,1-6H3/t78-,79+,80-,81?,82+,83+,84-/m0/s1. The Morgan fingerprint density at radius 3 is 0.879 bits per heavy atom. The third kappa shape index (κ3) is 59.9. The summed E-state index contributed by atoms with van der Waals surface area (Å²) < 4.78 is 11.4. The van der Waals surface area contributed by atoms with Crippen LogP contribution in [-0.2, 0) is 19.1 Å². The van der Waals surface area contributed by atoms with Crippen molar-refractivity contribution in [2.45, 2.75) is 503 Å². The predicted molar refractivity (Wildman–Crippen MR) is 402 cm³/mol. The maximum atomic E-state index is 13.9. The van der Waals surface area contributed by atoms with E-state index in [2.05, 4.69) is 34.6 Å². The monoisotopic (exact) mass is 1280 g/mol. The van der Waals surface area contributed by atoms with Crippen LogP contribution in [0, 0.1) is 29.6 Å². The molecule has 0 aromatic heterocycles. The van der Waals surface area contributed by atoms with Gasteiger partial charge in [0.1, 0.15) is 0 Å². The highest BCUT2D eigenvalue weighted by Crippen LogP contribution is 2.49. The van der Waals surface area contributed by atoms with E-state index in [0.29, 0.717) is 5.92 Å². The molecule has 0 aromatic carbocycles. The molecule has 0 saturated heterocycles. The number of hydrogen-bond donors (Lipinski definition) is 1. The molecule has 1 saturated carbocycles. The van der Waals surface area contributed by atoms with Crippen molar-refractivity contribution in [3.63, 3.8) is 0 Å². The minimum atomic E-state index is -0.566. The van der Waals surface area contributed by atoms with Gasteiger partial charge in [-0.2, -0.15) is 0 Å². The summed E-state index contributed by atoms with van der Waals surface area (Å²) in [5.41, 5.74) is 0. The molecule has 1 aliphatic carbocycles.